The van der Waals surface area contributed by atoms with Crippen LogP contribution in [0.2, 0.25) is 0 Å². The summed E-state index contributed by atoms with van der Waals surface area (Å²) in [6.07, 6.45) is -1.98. The maximum Gasteiger partial charge on any atom is 0.414 e. The highest BCUT2D eigenvalue weighted by Gasteiger charge is 2.43. The zero-order chi connectivity index (χ0) is 18.6. The molecule has 1 heterocycles. The van der Waals surface area contributed by atoms with Crippen LogP contribution in [-0.4, -0.2) is 18.9 Å². The number of aryl methyl sites for hydroxylation is 1. The van der Waals surface area contributed by atoms with E-state index in [9.17, 15) is 13.2 Å². The number of rotatable bonds is 5. The molecule has 0 radical (unpaired) electrons. The zero-order valence-corrected chi connectivity index (χ0v) is 14.9. The van der Waals surface area contributed by atoms with Gasteiger partial charge >= 0.3 is 6.18 Å². The Morgan fingerprint density at radius 1 is 1.04 bits per heavy atom. The average Bonchev–Trinajstić information content (AvgIpc) is 2.66. The normalized spacial score (nSPS) is 20.6. The van der Waals surface area contributed by atoms with Gasteiger partial charge in [-0.05, 0) is 48.9 Å². The molecule has 0 aromatic heterocycles. The summed E-state index contributed by atoms with van der Waals surface area (Å²) in [5.74, 6) is -0.0460. The molecule has 2 aromatic carbocycles. The summed E-state index contributed by atoms with van der Waals surface area (Å²) in [4.78, 5) is 0. The number of hydrogen-bond donors (Lipinski definition) is 0. The lowest BCUT2D eigenvalue weighted by molar-refractivity contribution is -0.232. The first-order chi connectivity index (χ1) is 12.5. The van der Waals surface area contributed by atoms with Gasteiger partial charge < -0.3 is 4.74 Å². The molecule has 1 saturated heterocycles. The summed E-state index contributed by atoms with van der Waals surface area (Å²) in [5.41, 5.74) is 4.22. The predicted molar refractivity (Wildman–Crippen MR) is 95.9 cm³/mol. The molecule has 26 heavy (non-hydrogen) atoms. The van der Waals surface area contributed by atoms with Crippen LogP contribution < -0.4 is 0 Å². The summed E-state index contributed by atoms with van der Waals surface area (Å²) in [6.45, 7) is 2.27. The molecule has 1 nitrogen and oxygen atoms in total. The van der Waals surface area contributed by atoms with E-state index in [1.807, 2.05) is 12.1 Å². The van der Waals surface area contributed by atoms with Crippen molar-refractivity contribution in [1.82, 2.24) is 0 Å². The molecule has 2 atom stereocenters. The second-order valence-electron chi connectivity index (χ2n) is 6.89. The molecule has 138 valence electrons. The number of benzene rings is 1. The third-order valence-corrected chi connectivity index (χ3v) is 4.94. The van der Waals surface area contributed by atoms with Gasteiger partial charge in [0.15, 0.2) is 6.10 Å². The minimum atomic E-state index is -4.27. The third kappa shape index (κ3) is 4.59. The van der Waals surface area contributed by atoms with Crippen LogP contribution in [0.4, 0.5) is 13.2 Å². The summed E-state index contributed by atoms with van der Waals surface area (Å²) in [7, 11) is 0. The molecule has 1 aliphatic heterocycles. The summed E-state index contributed by atoms with van der Waals surface area (Å²) < 4.78 is 43.0. The first-order valence-corrected chi connectivity index (χ1v) is 9.19. The molecule has 0 N–H and O–H groups in total. The number of ether oxygens (including phenoxy) is 1. The Kier molecular flexibility index (Phi) is 5.88. The van der Waals surface area contributed by atoms with Gasteiger partial charge in [-0.15, -0.1) is 0 Å². The van der Waals surface area contributed by atoms with Crippen LogP contribution in [-0.2, 0) is 11.2 Å². The van der Waals surface area contributed by atoms with Gasteiger partial charge in [-0.25, -0.2) is 0 Å². The van der Waals surface area contributed by atoms with Crippen molar-refractivity contribution in [2.45, 2.75) is 57.2 Å². The lowest BCUT2D eigenvalue weighted by atomic mass is 9.91. The maximum atomic E-state index is 12.7. The van der Waals surface area contributed by atoms with Crippen LogP contribution >= 0.6 is 0 Å². The quantitative estimate of drug-likeness (QED) is 0.624. The molecule has 2 unspecified atom stereocenters. The zero-order valence-electron chi connectivity index (χ0n) is 14.9. The van der Waals surface area contributed by atoms with Gasteiger partial charge in [-0.1, -0.05) is 49.7 Å². The topological polar surface area (TPSA) is 9.23 Å². The summed E-state index contributed by atoms with van der Waals surface area (Å²) in [5, 5.41) is 0. The number of hydrogen-bond acceptors (Lipinski definition) is 1. The van der Waals surface area contributed by atoms with Crippen LogP contribution in [0.1, 0.15) is 49.7 Å². The van der Waals surface area contributed by atoms with Crippen molar-refractivity contribution >= 4 is 0 Å². The van der Waals surface area contributed by atoms with Gasteiger partial charge in [0.2, 0.25) is 0 Å². The fraction of sp³-hybridized carbons (Fsp3) is 0.455. The summed E-state index contributed by atoms with van der Waals surface area (Å²) in [6, 6.07) is 18.6. The summed E-state index contributed by atoms with van der Waals surface area (Å²) >= 11 is 0. The van der Waals surface area contributed by atoms with Crippen LogP contribution in [0.3, 0.4) is 0 Å². The van der Waals surface area contributed by atoms with E-state index in [1.54, 1.807) is 0 Å². The molecule has 0 spiro atoms. The van der Waals surface area contributed by atoms with E-state index in [2.05, 4.69) is 43.3 Å². The largest absolute Gasteiger partial charge is 0.414 e. The van der Waals surface area contributed by atoms with Gasteiger partial charge in [0.25, 0.3) is 0 Å². The Hall–Kier alpha value is -1.99. The maximum absolute atomic E-state index is 12.7. The lowest BCUT2D eigenvalue weighted by Gasteiger charge is -2.29. The van der Waals surface area contributed by atoms with E-state index in [0.717, 1.165) is 23.1 Å². The Balaban J connectivity index is 1.62. The average molecular weight is 360 g/mol. The van der Waals surface area contributed by atoms with Crippen LogP contribution in [0.5, 0.6) is 0 Å². The van der Waals surface area contributed by atoms with E-state index in [4.69, 9.17) is 4.74 Å². The van der Waals surface area contributed by atoms with Gasteiger partial charge in [0.1, 0.15) is 0 Å². The number of unbranched alkanes of at least 4 members (excludes halogenated alkanes) is 1. The molecule has 2 aromatic rings. The van der Waals surface area contributed by atoms with Crippen molar-refractivity contribution in [3.8, 4) is 11.1 Å². The van der Waals surface area contributed by atoms with E-state index in [1.165, 1.54) is 18.4 Å². The Morgan fingerprint density at radius 2 is 1.81 bits per heavy atom. The van der Waals surface area contributed by atoms with E-state index >= 15 is 0 Å². The molecule has 0 aliphatic carbocycles. The van der Waals surface area contributed by atoms with Crippen molar-refractivity contribution in [2.24, 2.45) is 0 Å². The van der Waals surface area contributed by atoms with Crippen LogP contribution in [0, 0.1) is 12.1 Å². The Labute approximate surface area is 153 Å². The smallest absolute Gasteiger partial charge is 0.368 e. The third-order valence-electron chi connectivity index (χ3n) is 4.94. The van der Waals surface area contributed by atoms with Crippen molar-refractivity contribution in [3.63, 3.8) is 0 Å². The second kappa shape index (κ2) is 8.14. The minimum Gasteiger partial charge on any atom is -0.368 e. The lowest BCUT2D eigenvalue weighted by Crippen LogP contribution is -2.36. The van der Waals surface area contributed by atoms with Gasteiger partial charge in [0, 0.05) is 17.0 Å². The molecule has 1 fully saturated rings. The highest BCUT2D eigenvalue weighted by molar-refractivity contribution is 5.62. The molecule has 0 amide bonds. The monoisotopic (exact) mass is 360 g/mol. The fourth-order valence-corrected chi connectivity index (χ4v) is 3.29. The highest BCUT2D eigenvalue weighted by Crippen LogP contribution is 2.35. The van der Waals surface area contributed by atoms with E-state index in [-0.39, 0.29) is 18.9 Å². The fourth-order valence-electron chi connectivity index (χ4n) is 3.29. The number of halogens is 3. The van der Waals surface area contributed by atoms with Crippen molar-refractivity contribution < 1.29 is 17.9 Å². The van der Waals surface area contributed by atoms with E-state index < -0.39 is 12.3 Å². The molecular formula is C22H23F3O. The molecule has 0 saturated carbocycles. The van der Waals surface area contributed by atoms with Crippen molar-refractivity contribution in [3.05, 3.63) is 59.7 Å². The van der Waals surface area contributed by atoms with Gasteiger partial charge in [-0.3, -0.25) is 0 Å². The van der Waals surface area contributed by atoms with Gasteiger partial charge in [0.05, 0.1) is 6.61 Å². The van der Waals surface area contributed by atoms with Gasteiger partial charge in [-0.2, -0.15) is 13.2 Å². The molecular weight excluding hydrogens is 337 g/mol. The second-order valence-corrected chi connectivity index (χ2v) is 6.89. The molecule has 1 aliphatic rings. The van der Waals surface area contributed by atoms with Crippen molar-refractivity contribution in [1.29, 1.82) is 0 Å². The van der Waals surface area contributed by atoms with Crippen molar-refractivity contribution in [2.75, 3.05) is 6.61 Å². The molecule has 4 heteroatoms. The SMILES string of the molecule is CCCCc1ccc(-c2c#cc(C3CCC(C(F)(F)F)OC3)cc2)cc1. The van der Waals surface area contributed by atoms with Crippen LogP contribution in [0.25, 0.3) is 11.1 Å². The highest BCUT2D eigenvalue weighted by atomic mass is 19.4. The predicted octanol–water partition coefficient (Wildman–Crippen LogP) is 6.12. The first kappa shape index (κ1) is 18.8. The molecule has 0 bridgehead atoms. The first-order valence-electron chi connectivity index (χ1n) is 9.19. The Morgan fingerprint density at radius 3 is 2.35 bits per heavy atom. The minimum absolute atomic E-state index is 0.00296. The molecule has 3 rings (SSSR count). The Bertz CT molecular complexity index is 681. The standard InChI is InChI=1S/C22H23F3O/c1-2-3-4-16-5-7-17(8-6-16)18-9-11-19(12-10-18)20-13-14-21(26-15-20)22(23,24)25/h5-9,11,20-21H,2-4,13-15H2,1H3. The number of alkyl halides is 3. The van der Waals surface area contributed by atoms with E-state index in [0.29, 0.717) is 6.42 Å². The van der Waals surface area contributed by atoms with Crippen LogP contribution in [0.15, 0.2) is 36.4 Å².